The molecule has 2 aromatic heterocycles. The zero-order valence-corrected chi connectivity index (χ0v) is 12.6. The van der Waals surface area contributed by atoms with Crippen LogP contribution in [0.1, 0.15) is 19.1 Å². The normalized spacial score (nSPS) is 10.7. The molecule has 11 nitrogen and oxygen atoms in total. The van der Waals surface area contributed by atoms with Gasteiger partial charge in [-0.25, -0.2) is 5.43 Å². The van der Waals surface area contributed by atoms with Gasteiger partial charge in [-0.15, -0.1) is 0 Å². The van der Waals surface area contributed by atoms with Gasteiger partial charge in [-0.2, -0.15) is 20.1 Å². The largest absolute Gasteiger partial charge is 0.433 e. The summed E-state index contributed by atoms with van der Waals surface area (Å²) in [4.78, 5) is 22.3. The number of aromatic nitrogens is 3. The van der Waals surface area contributed by atoms with E-state index in [1.165, 1.54) is 18.3 Å². The third-order valence-corrected chi connectivity index (χ3v) is 2.54. The molecule has 0 spiro atoms. The molecule has 2 aromatic rings. The number of nitro groups is 1. The topological polar surface area (TPSA) is 143 Å². The first-order chi connectivity index (χ1) is 11.1. The van der Waals surface area contributed by atoms with E-state index < -0.39 is 4.92 Å². The highest BCUT2D eigenvalue weighted by molar-refractivity contribution is 5.76. The van der Waals surface area contributed by atoms with Crippen molar-refractivity contribution in [3.05, 3.63) is 28.0 Å². The number of hydrogen-bond acceptors (Lipinski definition) is 10. The molecular formula is C12H16N8O3. The molecule has 2 rings (SSSR count). The van der Waals surface area contributed by atoms with Gasteiger partial charge in [0, 0.05) is 13.6 Å². The number of nitrogens with one attached hydrogen (secondary N) is 3. The Hall–Kier alpha value is -3.24. The summed E-state index contributed by atoms with van der Waals surface area (Å²) < 4.78 is 4.94. The Balaban J connectivity index is 2.05. The van der Waals surface area contributed by atoms with Crippen molar-refractivity contribution in [1.29, 1.82) is 0 Å². The first-order valence-corrected chi connectivity index (χ1v) is 6.83. The molecule has 11 heteroatoms. The van der Waals surface area contributed by atoms with Crippen LogP contribution in [0, 0.1) is 10.1 Å². The smallest absolute Gasteiger partial charge is 0.400 e. The van der Waals surface area contributed by atoms with Crippen LogP contribution in [-0.2, 0) is 0 Å². The summed E-state index contributed by atoms with van der Waals surface area (Å²) in [6.45, 7) is 2.76. The van der Waals surface area contributed by atoms with Crippen molar-refractivity contribution in [3.63, 3.8) is 0 Å². The van der Waals surface area contributed by atoms with Crippen molar-refractivity contribution < 1.29 is 9.34 Å². The molecule has 0 aliphatic heterocycles. The third kappa shape index (κ3) is 4.62. The van der Waals surface area contributed by atoms with E-state index in [1.807, 2.05) is 6.92 Å². The number of rotatable bonds is 8. The Morgan fingerprint density at radius 2 is 2.04 bits per heavy atom. The van der Waals surface area contributed by atoms with Gasteiger partial charge in [-0.05, 0) is 12.5 Å². The summed E-state index contributed by atoms with van der Waals surface area (Å²) in [6, 6.07) is 2.68. The van der Waals surface area contributed by atoms with E-state index in [4.69, 9.17) is 4.42 Å². The highest BCUT2D eigenvalue weighted by Crippen LogP contribution is 2.14. The van der Waals surface area contributed by atoms with E-state index in [1.54, 1.807) is 7.05 Å². The third-order valence-electron chi connectivity index (χ3n) is 2.54. The quantitative estimate of drug-likeness (QED) is 0.376. The van der Waals surface area contributed by atoms with Gasteiger partial charge in [0.2, 0.25) is 17.8 Å². The fourth-order valence-electron chi connectivity index (χ4n) is 1.52. The molecule has 122 valence electrons. The van der Waals surface area contributed by atoms with E-state index in [0.717, 1.165) is 13.0 Å². The second kappa shape index (κ2) is 7.68. The summed E-state index contributed by atoms with van der Waals surface area (Å²) in [7, 11) is 1.69. The van der Waals surface area contributed by atoms with Crippen LogP contribution in [0.5, 0.6) is 0 Å². The van der Waals surface area contributed by atoms with Crippen LogP contribution in [0.4, 0.5) is 23.7 Å². The predicted octanol–water partition coefficient (Wildman–Crippen LogP) is 1.68. The van der Waals surface area contributed by atoms with Gasteiger partial charge < -0.3 is 15.1 Å². The van der Waals surface area contributed by atoms with Crippen LogP contribution in [-0.4, -0.2) is 39.7 Å². The van der Waals surface area contributed by atoms with Gasteiger partial charge >= 0.3 is 5.88 Å². The zero-order chi connectivity index (χ0) is 16.7. The SMILES string of the molecule is CCCNc1nc(NC)nc(N/N=C/c2ccc([N+](=O)[O-])o2)n1. The lowest BCUT2D eigenvalue weighted by molar-refractivity contribution is -0.402. The number of anilines is 3. The molecule has 0 aliphatic carbocycles. The Morgan fingerprint density at radius 3 is 2.70 bits per heavy atom. The highest BCUT2D eigenvalue weighted by atomic mass is 16.6. The van der Waals surface area contributed by atoms with Gasteiger partial charge in [-0.1, -0.05) is 6.92 Å². The lowest BCUT2D eigenvalue weighted by Gasteiger charge is -2.06. The molecule has 0 aliphatic rings. The average Bonchev–Trinajstić information content (AvgIpc) is 3.02. The van der Waals surface area contributed by atoms with Gasteiger partial charge in [0.05, 0.1) is 12.3 Å². The molecule has 0 bridgehead atoms. The zero-order valence-electron chi connectivity index (χ0n) is 12.6. The van der Waals surface area contributed by atoms with Crippen LogP contribution in [0.3, 0.4) is 0 Å². The Labute approximate surface area is 131 Å². The lowest BCUT2D eigenvalue weighted by atomic mass is 10.5. The van der Waals surface area contributed by atoms with E-state index in [2.05, 4.69) is 36.1 Å². The van der Waals surface area contributed by atoms with Gasteiger partial charge in [0.25, 0.3) is 0 Å². The van der Waals surface area contributed by atoms with Crippen LogP contribution < -0.4 is 16.1 Å². The first-order valence-electron chi connectivity index (χ1n) is 6.83. The number of furan rings is 1. The second-order valence-electron chi connectivity index (χ2n) is 4.29. The summed E-state index contributed by atoms with van der Waals surface area (Å²) in [5, 5.41) is 20.3. The summed E-state index contributed by atoms with van der Waals surface area (Å²) in [6.07, 6.45) is 2.22. The standard InChI is InChI=1S/C12H16N8O3/c1-3-6-14-11-16-10(13-2)17-12(18-11)19-15-7-8-4-5-9(23-8)20(21)22/h4-5,7H,3,6H2,1-2H3,(H3,13,14,16,17,18,19)/b15-7+. The summed E-state index contributed by atoms with van der Waals surface area (Å²) in [5.41, 5.74) is 2.62. The maximum Gasteiger partial charge on any atom is 0.433 e. The van der Waals surface area contributed by atoms with Gasteiger partial charge in [0.1, 0.15) is 4.92 Å². The highest BCUT2D eigenvalue weighted by Gasteiger charge is 2.10. The van der Waals surface area contributed by atoms with Crippen molar-refractivity contribution in [3.8, 4) is 0 Å². The maximum absolute atomic E-state index is 10.5. The Bertz CT molecular complexity index is 699. The molecular weight excluding hydrogens is 304 g/mol. The van der Waals surface area contributed by atoms with E-state index in [9.17, 15) is 10.1 Å². The van der Waals surface area contributed by atoms with Crippen molar-refractivity contribution in [2.75, 3.05) is 29.7 Å². The van der Waals surface area contributed by atoms with Crippen LogP contribution in [0.2, 0.25) is 0 Å². The molecule has 0 unspecified atom stereocenters. The first kappa shape index (κ1) is 16.1. The van der Waals surface area contributed by atoms with E-state index >= 15 is 0 Å². The van der Waals surface area contributed by atoms with Crippen molar-refractivity contribution in [2.45, 2.75) is 13.3 Å². The minimum Gasteiger partial charge on any atom is -0.400 e. The van der Waals surface area contributed by atoms with Crippen molar-refractivity contribution >= 4 is 29.9 Å². The molecule has 2 heterocycles. The van der Waals surface area contributed by atoms with Crippen LogP contribution >= 0.6 is 0 Å². The monoisotopic (exact) mass is 320 g/mol. The molecule has 0 radical (unpaired) electrons. The number of nitrogens with zero attached hydrogens (tertiary/aromatic N) is 5. The van der Waals surface area contributed by atoms with E-state index in [-0.39, 0.29) is 17.6 Å². The fraction of sp³-hybridized carbons (Fsp3) is 0.333. The Kier molecular flexibility index (Phi) is 5.39. The molecule has 0 saturated carbocycles. The minimum atomic E-state index is -0.623. The van der Waals surface area contributed by atoms with E-state index in [0.29, 0.717) is 11.9 Å². The second-order valence-corrected chi connectivity index (χ2v) is 4.29. The lowest BCUT2D eigenvalue weighted by Crippen LogP contribution is -2.10. The van der Waals surface area contributed by atoms with Gasteiger partial charge in [0.15, 0.2) is 5.76 Å². The average molecular weight is 320 g/mol. The molecule has 23 heavy (non-hydrogen) atoms. The molecule has 0 atom stereocenters. The summed E-state index contributed by atoms with van der Waals surface area (Å²) in [5.74, 6) is 0.897. The maximum atomic E-state index is 10.5. The van der Waals surface area contributed by atoms with Crippen LogP contribution in [0.25, 0.3) is 0 Å². The van der Waals surface area contributed by atoms with Crippen LogP contribution in [0.15, 0.2) is 21.7 Å². The number of hydrazone groups is 1. The number of hydrogen-bond donors (Lipinski definition) is 3. The molecule has 0 aromatic carbocycles. The van der Waals surface area contributed by atoms with Crippen molar-refractivity contribution in [2.24, 2.45) is 5.10 Å². The molecule has 3 N–H and O–H groups in total. The molecule has 0 fully saturated rings. The Morgan fingerprint density at radius 1 is 1.30 bits per heavy atom. The van der Waals surface area contributed by atoms with Gasteiger partial charge in [-0.3, -0.25) is 10.1 Å². The minimum absolute atomic E-state index is 0.222. The predicted molar refractivity (Wildman–Crippen MR) is 84.7 cm³/mol. The summed E-state index contributed by atoms with van der Waals surface area (Å²) >= 11 is 0. The van der Waals surface area contributed by atoms with Crippen molar-refractivity contribution in [1.82, 2.24) is 15.0 Å². The fourth-order valence-corrected chi connectivity index (χ4v) is 1.52. The molecule has 0 amide bonds. The molecule has 0 saturated heterocycles.